The number of phenols is 1. The van der Waals surface area contributed by atoms with Crippen molar-refractivity contribution in [2.45, 2.75) is 12.5 Å². The van der Waals surface area contributed by atoms with E-state index >= 15 is 0 Å². The van der Waals surface area contributed by atoms with E-state index in [9.17, 15) is 4.39 Å². The van der Waals surface area contributed by atoms with Crippen molar-refractivity contribution >= 4 is 0 Å². The van der Waals surface area contributed by atoms with Gasteiger partial charge in [0.15, 0.2) is 11.6 Å². The molecule has 86 valence electrons. The smallest absolute Gasteiger partial charge is 0.165 e. The van der Waals surface area contributed by atoms with Crippen molar-refractivity contribution in [3.05, 3.63) is 29.6 Å². The average molecular weight is 224 g/mol. The summed E-state index contributed by atoms with van der Waals surface area (Å²) >= 11 is 0. The Labute approximate surface area is 93.0 Å². The third kappa shape index (κ3) is 3.19. The molecule has 1 rings (SSSR count). The predicted octanol–water partition coefficient (Wildman–Crippen LogP) is 1.07. The minimum absolute atomic E-state index is 0.0368. The topological polar surface area (TPSA) is 76.3 Å². The van der Waals surface area contributed by atoms with Crippen molar-refractivity contribution in [3.63, 3.8) is 0 Å². The van der Waals surface area contributed by atoms with Gasteiger partial charge in [-0.15, -0.1) is 0 Å². The van der Waals surface area contributed by atoms with E-state index < -0.39 is 17.6 Å². The first-order valence-corrected chi connectivity index (χ1v) is 4.91. The molecule has 1 aromatic carbocycles. The van der Waals surface area contributed by atoms with Crippen molar-refractivity contribution in [2.75, 3.05) is 13.2 Å². The highest BCUT2D eigenvalue weighted by Crippen LogP contribution is 2.20. The standard InChI is InChI=1S/C11H13FN2O2/c12-9-6-8(2-3-11(9)16)10(7-13)14-4-1-5-15/h2-3,6,10,14-16H,1,4-5H2. The first-order chi connectivity index (χ1) is 7.69. The second-order valence-corrected chi connectivity index (χ2v) is 3.30. The lowest BCUT2D eigenvalue weighted by Crippen LogP contribution is -2.21. The fourth-order valence-corrected chi connectivity index (χ4v) is 1.27. The Bertz CT molecular complexity index is 390. The maximum atomic E-state index is 13.0. The zero-order valence-corrected chi connectivity index (χ0v) is 8.65. The number of nitrogens with zero attached hydrogens (tertiary/aromatic N) is 1. The van der Waals surface area contributed by atoms with Gasteiger partial charge >= 0.3 is 0 Å². The summed E-state index contributed by atoms with van der Waals surface area (Å²) in [5.41, 5.74) is 0.454. The van der Waals surface area contributed by atoms with Crippen molar-refractivity contribution < 1.29 is 14.6 Å². The molecule has 0 amide bonds. The normalized spacial score (nSPS) is 12.1. The SMILES string of the molecule is N#CC(NCCCO)c1ccc(O)c(F)c1. The van der Waals surface area contributed by atoms with E-state index in [4.69, 9.17) is 15.5 Å². The molecule has 0 aliphatic heterocycles. The van der Waals surface area contributed by atoms with Crippen LogP contribution in [0.5, 0.6) is 5.75 Å². The summed E-state index contributed by atoms with van der Waals surface area (Å²) in [5, 5.41) is 29.3. The monoisotopic (exact) mass is 224 g/mol. The van der Waals surface area contributed by atoms with Crippen molar-refractivity contribution in [1.82, 2.24) is 5.32 Å². The molecule has 0 spiro atoms. The fourth-order valence-electron chi connectivity index (χ4n) is 1.27. The van der Waals surface area contributed by atoms with Gasteiger partial charge in [-0.3, -0.25) is 5.32 Å². The molecule has 0 aliphatic rings. The number of halogens is 1. The fraction of sp³-hybridized carbons (Fsp3) is 0.364. The Kier molecular flexibility index (Phi) is 4.70. The van der Waals surface area contributed by atoms with Gasteiger partial charge in [-0.25, -0.2) is 4.39 Å². The molecule has 5 heteroatoms. The number of hydrogen-bond donors (Lipinski definition) is 3. The van der Waals surface area contributed by atoms with Crippen LogP contribution in [0.3, 0.4) is 0 Å². The molecule has 1 unspecified atom stereocenters. The van der Waals surface area contributed by atoms with E-state index in [0.29, 0.717) is 18.5 Å². The molecule has 1 aromatic rings. The molecular weight excluding hydrogens is 211 g/mol. The van der Waals surface area contributed by atoms with Crippen molar-refractivity contribution in [2.24, 2.45) is 0 Å². The Hall–Kier alpha value is -1.64. The number of nitrogens with one attached hydrogen (secondary N) is 1. The van der Waals surface area contributed by atoms with E-state index in [1.165, 1.54) is 12.1 Å². The highest BCUT2D eigenvalue weighted by Gasteiger charge is 2.11. The number of hydrogen-bond acceptors (Lipinski definition) is 4. The van der Waals surface area contributed by atoms with Crippen LogP contribution in [0.2, 0.25) is 0 Å². The van der Waals surface area contributed by atoms with Crippen molar-refractivity contribution in [1.29, 1.82) is 5.26 Å². The lowest BCUT2D eigenvalue weighted by molar-refractivity contribution is 0.285. The Morgan fingerprint density at radius 3 is 2.81 bits per heavy atom. The quantitative estimate of drug-likeness (QED) is 0.654. The van der Waals surface area contributed by atoms with Crippen LogP contribution in [-0.2, 0) is 0 Å². The van der Waals surface area contributed by atoms with Gasteiger partial charge in [0.1, 0.15) is 6.04 Å². The van der Waals surface area contributed by atoms with E-state index in [0.717, 1.165) is 6.07 Å². The maximum absolute atomic E-state index is 13.0. The summed E-state index contributed by atoms with van der Waals surface area (Å²) in [6, 6.07) is 5.16. The van der Waals surface area contributed by atoms with Crippen LogP contribution in [0.4, 0.5) is 4.39 Å². The first kappa shape index (κ1) is 12.4. The molecule has 1 atom stereocenters. The van der Waals surface area contributed by atoms with Gasteiger partial charge in [0, 0.05) is 6.61 Å². The summed E-state index contributed by atoms with van der Waals surface area (Å²) in [4.78, 5) is 0. The molecule has 0 aliphatic carbocycles. The van der Waals surface area contributed by atoms with Gasteiger partial charge in [-0.1, -0.05) is 6.07 Å². The molecular formula is C11H13FN2O2. The number of benzene rings is 1. The number of aliphatic hydroxyl groups is 1. The molecule has 0 fully saturated rings. The van der Waals surface area contributed by atoms with E-state index in [2.05, 4.69) is 5.32 Å². The summed E-state index contributed by atoms with van der Waals surface area (Å²) in [5.74, 6) is -1.18. The lowest BCUT2D eigenvalue weighted by Gasteiger charge is -2.11. The third-order valence-corrected chi connectivity index (χ3v) is 2.12. The summed E-state index contributed by atoms with van der Waals surface area (Å²) in [6.45, 7) is 0.506. The number of rotatable bonds is 5. The minimum Gasteiger partial charge on any atom is -0.505 e. The maximum Gasteiger partial charge on any atom is 0.165 e. The van der Waals surface area contributed by atoms with Gasteiger partial charge in [-0.05, 0) is 30.7 Å². The number of aliphatic hydroxyl groups excluding tert-OH is 1. The number of phenolic OH excluding ortho intramolecular Hbond substituents is 1. The molecule has 16 heavy (non-hydrogen) atoms. The van der Waals surface area contributed by atoms with E-state index in [1.54, 1.807) is 0 Å². The summed E-state index contributed by atoms with van der Waals surface area (Å²) in [7, 11) is 0. The van der Waals surface area contributed by atoms with Gasteiger partial charge < -0.3 is 10.2 Å². The average Bonchev–Trinajstić information content (AvgIpc) is 2.29. The highest BCUT2D eigenvalue weighted by molar-refractivity contribution is 5.32. The third-order valence-electron chi connectivity index (χ3n) is 2.12. The largest absolute Gasteiger partial charge is 0.505 e. The van der Waals surface area contributed by atoms with E-state index in [1.807, 2.05) is 6.07 Å². The van der Waals surface area contributed by atoms with E-state index in [-0.39, 0.29) is 6.61 Å². The minimum atomic E-state index is -0.748. The van der Waals surface area contributed by atoms with Crippen LogP contribution in [0.15, 0.2) is 18.2 Å². The molecule has 3 N–H and O–H groups in total. The summed E-state index contributed by atoms with van der Waals surface area (Å²) < 4.78 is 13.0. The summed E-state index contributed by atoms with van der Waals surface area (Å²) in [6.07, 6.45) is 0.527. The highest BCUT2D eigenvalue weighted by atomic mass is 19.1. The molecule has 0 heterocycles. The predicted molar refractivity (Wildman–Crippen MR) is 56.1 cm³/mol. The van der Waals surface area contributed by atoms with Crippen LogP contribution < -0.4 is 5.32 Å². The Balaban J connectivity index is 2.72. The molecule has 4 nitrogen and oxygen atoms in total. The second kappa shape index (κ2) is 6.05. The first-order valence-electron chi connectivity index (χ1n) is 4.91. The van der Waals surface area contributed by atoms with Crippen LogP contribution in [0, 0.1) is 17.1 Å². The zero-order valence-electron chi connectivity index (χ0n) is 8.65. The molecule has 0 aromatic heterocycles. The van der Waals surface area contributed by atoms with Gasteiger partial charge in [0.25, 0.3) is 0 Å². The van der Waals surface area contributed by atoms with Crippen molar-refractivity contribution in [3.8, 4) is 11.8 Å². The van der Waals surface area contributed by atoms with Gasteiger partial charge in [0.2, 0.25) is 0 Å². The number of nitriles is 1. The van der Waals surface area contributed by atoms with Crippen LogP contribution in [0.25, 0.3) is 0 Å². The lowest BCUT2D eigenvalue weighted by atomic mass is 10.1. The van der Waals surface area contributed by atoms with Gasteiger partial charge in [0.05, 0.1) is 6.07 Å². The molecule has 0 radical (unpaired) electrons. The molecule has 0 bridgehead atoms. The number of aromatic hydroxyl groups is 1. The van der Waals surface area contributed by atoms with Crippen LogP contribution in [-0.4, -0.2) is 23.4 Å². The molecule has 0 saturated carbocycles. The Morgan fingerprint density at radius 2 is 2.25 bits per heavy atom. The molecule has 0 saturated heterocycles. The van der Waals surface area contributed by atoms with Crippen LogP contribution in [0.1, 0.15) is 18.0 Å². The van der Waals surface area contributed by atoms with Crippen LogP contribution >= 0.6 is 0 Å². The zero-order chi connectivity index (χ0) is 12.0. The second-order valence-electron chi connectivity index (χ2n) is 3.30. The Morgan fingerprint density at radius 1 is 1.50 bits per heavy atom. The van der Waals surface area contributed by atoms with Gasteiger partial charge in [-0.2, -0.15) is 5.26 Å².